The molecule has 2 aliphatic heterocycles. The molecule has 4 aromatic rings. The first kappa shape index (κ1) is 42.5. The first-order valence-corrected chi connectivity index (χ1v) is 20.2. The molecule has 0 saturated carbocycles. The number of rotatable bonds is 16. The van der Waals surface area contributed by atoms with Crippen molar-refractivity contribution in [1.82, 2.24) is 29.1 Å². The number of fused-ring (bicyclic) bond motifs is 2. The Labute approximate surface area is 346 Å². The van der Waals surface area contributed by atoms with Crippen LogP contribution in [0.15, 0.2) is 65.3 Å². The maximum absolute atomic E-state index is 14.1. The number of imidazole rings is 1. The van der Waals surface area contributed by atoms with E-state index in [1.54, 1.807) is 77.7 Å². The molecular formula is C37H44N11O9S2+. The minimum absolute atomic E-state index is 0.0417. The molecule has 5 heterocycles. The van der Waals surface area contributed by atoms with E-state index in [-0.39, 0.29) is 54.3 Å². The van der Waals surface area contributed by atoms with Crippen LogP contribution in [0.4, 0.5) is 9.93 Å². The number of pyridine rings is 1. The molecule has 0 aliphatic carbocycles. The molecule has 3 aromatic heterocycles. The van der Waals surface area contributed by atoms with Gasteiger partial charge in [0.25, 0.3) is 11.8 Å². The highest BCUT2D eigenvalue weighted by molar-refractivity contribution is 8.00. The number of ether oxygens (including phenoxy) is 3. The molecule has 3 atom stereocenters. The molecule has 1 fully saturated rings. The lowest BCUT2D eigenvalue weighted by molar-refractivity contribution is -0.665. The quantitative estimate of drug-likeness (QED) is 0.0410. The summed E-state index contributed by atoms with van der Waals surface area (Å²) in [7, 11) is 1.55. The summed E-state index contributed by atoms with van der Waals surface area (Å²) >= 11 is 2.14. The number of nitrogens with one attached hydrogen (secondary N) is 2. The molecule has 2 unspecified atom stereocenters. The topological polar surface area (TPSA) is 261 Å². The fourth-order valence-corrected chi connectivity index (χ4v) is 7.95. The highest BCUT2D eigenvalue weighted by Crippen LogP contribution is 2.41. The highest BCUT2D eigenvalue weighted by Gasteiger charge is 2.55. The number of aromatic nitrogens is 5. The predicted molar refractivity (Wildman–Crippen MR) is 214 cm³/mol. The van der Waals surface area contributed by atoms with Gasteiger partial charge in [-0.3, -0.25) is 29.2 Å². The maximum Gasteiger partial charge on any atom is 0.414 e. The molecule has 1 saturated heterocycles. The van der Waals surface area contributed by atoms with Gasteiger partial charge in [0, 0.05) is 29.3 Å². The largest absolute Gasteiger partial charge is 0.497 e. The van der Waals surface area contributed by atoms with E-state index in [0.717, 1.165) is 17.0 Å². The number of anilines is 1. The van der Waals surface area contributed by atoms with Gasteiger partial charge in [0.1, 0.15) is 47.9 Å². The minimum Gasteiger partial charge on any atom is -0.497 e. The third kappa shape index (κ3) is 9.95. The number of benzene rings is 1. The lowest BCUT2D eigenvalue weighted by Crippen LogP contribution is -2.71. The van der Waals surface area contributed by atoms with Gasteiger partial charge in [-0.15, -0.1) is 16.7 Å². The number of β-lactam (4-membered cyclic amide) rings is 1. The Morgan fingerprint density at radius 1 is 1.15 bits per heavy atom. The Morgan fingerprint density at radius 3 is 2.61 bits per heavy atom. The van der Waals surface area contributed by atoms with Crippen LogP contribution in [0.5, 0.6) is 5.75 Å². The van der Waals surface area contributed by atoms with Crippen LogP contribution in [-0.4, -0.2) is 102 Å². The number of hydrogen-bond donors (Lipinski definition) is 4. The summed E-state index contributed by atoms with van der Waals surface area (Å²) in [6.45, 7) is 7.33. The van der Waals surface area contributed by atoms with Crippen LogP contribution < -0.4 is 31.4 Å². The van der Waals surface area contributed by atoms with Crippen molar-refractivity contribution in [2.75, 3.05) is 24.8 Å². The van der Waals surface area contributed by atoms with Crippen molar-refractivity contribution in [2.24, 2.45) is 16.6 Å². The lowest BCUT2D eigenvalue weighted by Gasteiger charge is -2.49. The van der Waals surface area contributed by atoms with Gasteiger partial charge in [-0.25, -0.2) is 14.2 Å². The molecule has 6 rings (SSSR count). The standard InChI is InChI=1S/C37H43N11O9S2/c1-6-56-44-25(29-42-35(59-45-29)43-36(53)57-37(2,3)4)31(50)41-26-32(51)48-27(34(52)55-17-20-9-11-22(54-5)12-10-20)21(18-58-33(26)48)16-47-19-46(15-13-23(38)28(39)49)24-8-7-14-40-30(24)47/h7-12,14,19,23,26,33H,6,13,15-18,38H2,1-5H3,(H3-,39,41,42,43,45,49,50,53)/p+1/b44-25-/t23-,26?,33?/m0/s1. The number of hydrogen-bond acceptors (Lipinski definition) is 16. The van der Waals surface area contributed by atoms with Gasteiger partial charge in [0.2, 0.25) is 22.6 Å². The van der Waals surface area contributed by atoms with E-state index in [4.69, 9.17) is 30.5 Å². The summed E-state index contributed by atoms with van der Waals surface area (Å²) in [6.07, 6.45) is 2.96. The van der Waals surface area contributed by atoms with Gasteiger partial charge in [0.15, 0.2) is 11.8 Å². The summed E-state index contributed by atoms with van der Waals surface area (Å²) in [5, 5.41) is 8.44. The smallest absolute Gasteiger partial charge is 0.414 e. The van der Waals surface area contributed by atoms with E-state index < -0.39 is 52.8 Å². The first-order chi connectivity index (χ1) is 28.2. The number of methoxy groups -OCH3 is 1. The maximum atomic E-state index is 14.1. The normalized spacial score (nSPS) is 17.2. The number of primary amides is 1. The molecule has 22 heteroatoms. The van der Waals surface area contributed by atoms with Crippen LogP contribution in [0.25, 0.3) is 11.2 Å². The Morgan fingerprint density at radius 2 is 1.92 bits per heavy atom. The fraction of sp³-hybridized carbons (Fsp3) is 0.405. The zero-order chi connectivity index (χ0) is 42.4. The minimum atomic E-state index is -1.08. The summed E-state index contributed by atoms with van der Waals surface area (Å²) in [4.78, 5) is 81.0. The summed E-state index contributed by atoms with van der Waals surface area (Å²) < 4.78 is 24.2. The molecule has 6 N–H and O–H groups in total. The molecular weight excluding hydrogens is 807 g/mol. The van der Waals surface area contributed by atoms with E-state index >= 15 is 0 Å². The number of carbonyl (C=O) groups is 5. The number of thioether (sulfide) groups is 1. The zero-order valence-electron chi connectivity index (χ0n) is 32.9. The van der Waals surface area contributed by atoms with E-state index in [0.29, 0.717) is 29.1 Å². The Balaban J connectivity index is 1.25. The predicted octanol–water partition coefficient (Wildman–Crippen LogP) is 1.57. The Kier molecular flexibility index (Phi) is 13.1. The lowest BCUT2D eigenvalue weighted by atomic mass is 10.0. The average molecular weight is 851 g/mol. The Bertz CT molecular complexity index is 2300. The van der Waals surface area contributed by atoms with Crippen molar-refractivity contribution in [3.8, 4) is 5.75 Å². The number of oxime groups is 1. The second kappa shape index (κ2) is 18.2. The molecule has 0 spiro atoms. The van der Waals surface area contributed by atoms with Crippen molar-refractivity contribution in [3.05, 3.63) is 71.6 Å². The van der Waals surface area contributed by atoms with Gasteiger partial charge in [-0.1, -0.05) is 17.3 Å². The summed E-state index contributed by atoms with van der Waals surface area (Å²) in [6, 6.07) is 8.73. The van der Waals surface area contributed by atoms with Gasteiger partial charge >= 0.3 is 17.7 Å². The number of amides is 4. The first-order valence-electron chi connectivity index (χ1n) is 18.4. The van der Waals surface area contributed by atoms with Crippen LogP contribution in [0.3, 0.4) is 0 Å². The number of nitrogens with two attached hydrogens (primary N) is 2. The number of aryl methyl sites for hydroxylation is 1. The van der Waals surface area contributed by atoms with E-state index in [2.05, 4.69) is 30.1 Å². The summed E-state index contributed by atoms with van der Waals surface area (Å²) in [5.41, 5.74) is 12.9. The van der Waals surface area contributed by atoms with Crippen molar-refractivity contribution < 1.29 is 47.6 Å². The molecule has 2 aliphatic rings. The van der Waals surface area contributed by atoms with Crippen molar-refractivity contribution in [2.45, 2.75) is 76.9 Å². The summed E-state index contributed by atoms with van der Waals surface area (Å²) in [5.74, 6) is -1.97. The van der Waals surface area contributed by atoms with Gasteiger partial charge in [-0.05, 0) is 57.5 Å². The third-order valence-electron chi connectivity index (χ3n) is 8.84. The zero-order valence-corrected chi connectivity index (χ0v) is 34.5. The molecule has 59 heavy (non-hydrogen) atoms. The van der Waals surface area contributed by atoms with E-state index in [1.807, 2.05) is 15.2 Å². The monoisotopic (exact) mass is 850 g/mol. The number of esters is 1. The van der Waals surface area contributed by atoms with Crippen LogP contribution in [0.2, 0.25) is 0 Å². The van der Waals surface area contributed by atoms with Crippen molar-refractivity contribution in [1.29, 1.82) is 0 Å². The second-order valence-electron chi connectivity index (χ2n) is 14.2. The van der Waals surface area contributed by atoms with Gasteiger partial charge in [0.05, 0.1) is 26.2 Å². The Hall–Kier alpha value is -6.13. The second-order valence-corrected chi connectivity index (χ2v) is 16.1. The molecule has 1 aromatic carbocycles. The van der Waals surface area contributed by atoms with Crippen LogP contribution in [-0.2, 0) is 53.2 Å². The van der Waals surface area contributed by atoms with Crippen LogP contribution in [0.1, 0.15) is 45.5 Å². The molecule has 4 amide bonds. The highest BCUT2D eigenvalue weighted by atomic mass is 32.2. The van der Waals surface area contributed by atoms with Crippen molar-refractivity contribution in [3.63, 3.8) is 0 Å². The fourth-order valence-electron chi connectivity index (χ4n) is 6.06. The van der Waals surface area contributed by atoms with E-state index in [1.165, 1.54) is 16.7 Å². The number of nitrogens with zero attached hydrogens (tertiary/aromatic N) is 7. The molecule has 0 bridgehead atoms. The van der Waals surface area contributed by atoms with Crippen molar-refractivity contribution >= 4 is 75.1 Å². The molecule has 312 valence electrons. The van der Waals surface area contributed by atoms with Crippen LogP contribution >= 0.6 is 23.3 Å². The van der Waals surface area contributed by atoms with Gasteiger partial charge in [-0.2, -0.15) is 9.36 Å². The number of carbonyl (C=O) groups excluding carboxylic acids is 5. The van der Waals surface area contributed by atoms with Gasteiger partial charge < -0.3 is 35.8 Å². The van der Waals surface area contributed by atoms with Crippen LogP contribution in [0, 0.1) is 0 Å². The third-order valence-corrected chi connectivity index (χ3v) is 10.8. The van der Waals surface area contributed by atoms with E-state index in [9.17, 15) is 24.0 Å². The molecule has 0 radical (unpaired) electrons. The molecule has 20 nitrogen and oxygen atoms in total. The average Bonchev–Trinajstić information content (AvgIpc) is 3.81. The SMILES string of the molecule is CCO/N=C(\C(=O)NC1C(=O)N2C(C(=O)OCc3ccc(OC)cc3)=C(C[n+]3cn(CC[C@H](N)C(N)=O)c4cccnc43)CSC12)c1nsc(NC(=O)OC(C)(C)C)n1.